The molecule has 0 spiro atoms. The number of rotatable bonds is 2. The molecule has 3 nitrogen and oxygen atoms in total. The van der Waals surface area contributed by atoms with E-state index in [-0.39, 0.29) is 5.56 Å². The molecular weight excluding hydrogens is 257 g/mol. The first-order chi connectivity index (χ1) is 7.82. The number of amides is 1. The number of nitrogens with two attached hydrogens (primary N) is 1. The smallest absolute Gasteiger partial charge is 0.364 e. The number of carbonyl (C=O) groups is 1. The van der Waals surface area contributed by atoms with Crippen molar-refractivity contribution in [3.63, 3.8) is 0 Å². The molecule has 1 aromatic rings. The average molecular weight is 270 g/mol. The molecule has 5 N–H and O–H groups in total. The molecule has 0 saturated heterocycles. The highest BCUT2D eigenvalue weighted by Gasteiger charge is 2.31. The van der Waals surface area contributed by atoms with E-state index in [9.17, 15) is 18.0 Å². The molecule has 0 aliphatic rings. The molecule has 0 aromatic heterocycles. The quantitative estimate of drug-likeness (QED) is 0.781. The summed E-state index contributed by atoms with van der Waals surface area (Å²) < 4.78 is 36.9. The van der Waals surface area contributed by atoms with Crippen LogP contribution in [0.3, 0.4) is 0 Å². The van der Waals surface area contributed by atoms with Crippen LogP contribution >= 0.6 is 11.6 Å². The van der Waals surface area contributed by atoms with E-state index in [2.05, 4.69) is 17.3 Å². The van der Waals surface area contributed by atoms with Crippen molar-refractivity contribution in [2.45, 2.75) is 12.2 Å². The van der Waals surface area contributed by atoms with E-state index >= 15 is 0 Å². The normalized spacial score (nSPS) is 12.4. The number of hydrogen-bond acceptors (Lipinski definition) is 1. The molecule has 1 atom stereocenters. The van der Waals surface area contributed by atoms with Crippen LogP contribution in [0, 0.1) is 0 Å². The summed E-state index contributed by atoms with van der Waals surface area (Å²) in [5.41, 5.74) is 7.69. The van der Waals surface area contributed by atoms with Crippen LogP contribution in [0.1, 0.15) is 17.2 Å². The fourth-order valence-electron chi connectivity index (χ4n) is 1.10. The maximum Gasteiger partial charge on any atom is 0.416 e. The molecule has 0 fully saturated rings. The number of alkyl halides is 4. The number of carbonyl (C=O) groups excluding carboxylic acids is 1. The van der Waals surface area contributed by atoms with Gasteiger partial charge in [0.05, 0.1) is 5.56 Å². The second-order valence-corrected chi connectivity index (χ2v) is 3.08. The molecule has 0 aliphatic heterocycles. The predicted octanol–water partition coefficient (Wildman–Crippen LogP) is 1.33. The van der Waals surface area contributed by atoms with Crippen LogP contribution in [-0.4, -0.2) is 12.3 Å². The zero-order valence-corrected chi connectivity index (χ0v) is 9.85. The highest BCUT2D eigenvalue weighted by Crippen LogP contribution is 2.30. The highest BCUT2D eigenvalue weighted by molar-refractivity contribution is 6.15. The van der Waals surface area contributed by atoms with Crippen molar-refractivity contribution in [1.29, 1.82) is 0 Å². The van der Waals surface area contributed by atoms with Crippen LogP contribution < -0.4 is 11.5 Å². The number of halogens is 4. The molecule has 1 unspecified atom stereocenters. The van der Waals surface area contributed by atoms with Gasteiger partial charge in [-0.2, -0.15) is 13.2 Å². The Morgan fingerprint density at radius 1 is 1.41 bits per heavy atom. The summed E-state index contributed by atoms with van der Waals surface area (Å²) in [6, 6.07) is 3.45. The molecule has 17 heavy (non-hydrogen) atoms. The van der Waals surface area contributed by atoms with Gasteiger partial charge in [0.1, 0.15) is 0 Å². The minimum absolute atomic E-state index is 0.164. The first-order valence-corrected chi connectivity index (χ1v) is 5.25. The molecule has 0 heterocycles. The van der Waals surface area contributed by atoms with Crippen molar-refractivity contribution in [3.8, 4) is 0 Å². The Morgan fingerprint density at radius 3 is 2.35 bits per heavy atom. The van der Waals surface area contributed by atoms with Gasteiger partial charge in [-0.05, 0) is 12.1 Å². The summed E-state index contributed by atoms with van der Waals surface area (Å²) in [5.74, 6) is -0.755. The van der Waals surface area contributed by atoms with Crippen LogP contribution in [0.15, 0.2) is 24.3 Å². The maximum atomic E-state index is 12.3. The largest absolute Gasteiger partial charge is 0.416 e. The third kappa shape index (κ3) is 4.62. The Hall–Kier alpha value is -1.27. The predicted molar refractivity (Wildman–Crippen MR) is 58.0 cm³/mol. The summed E-state index contributed by atoms with van der Waals surface area (Å²) >= 11 is 4.64. The fourth-order valence-corrected chi connectivity index (χ4v) is 1.10. The first-order valence-electron chi connectivity index (χ1n) is 4.49. The lowest BCUT2D eigenvalue weighted by molar-refractivity contribution is -0.409. The van der Waals surface area contributed by atoms with E-state index in [1.165, 1.54) is 18.5 Å². The van der Waals surface area contributed by atoms with Crippen LogP contribution in [0.25, 0.3) is 0 Å². The summed E-state index contributed by atoms with van der Waals surface area (Å²) in [5, 5.41) is 0. The van der Waals surface area contributed by atoms with Crippen LogP contribution in [0.5, 0.6) is 0 Å². The zero-order chi connectivity index (χ0) is 13.6. The molecular formula is C10H13ClF3N2O+. The summed E-state index contributed by atoms with van der Waals surface area (Å²) in [7, 11) is 0. The Kier molecular flexibility index (Phi) is 5.98. The van der Waals surface area contributed by atoms with E-state index in [0.717, 1.165) is 12.1 Å². The number of hydrogen-bond donors (Lipinski definition) is 2. The number of benzene rings is 1. The molecule has 7 heteroatoms. The lowest BCUT2D eigenvalue weighted by Gasteiger charge is -2.09. The lowest BCUT2D eigenvalue weighted by Crippen LogP contribution is -2.59. The van der Waals surface area contributed by atoms with Crippen LogP contribution in [0.2, 0.25) is 0 Å². The van der Waals surface area contributed by atoms with E-state index in [0.29, 0.717) is 0 Å². The molecule has 0 radical (unpaired) electrons. The monoisotopic (exact) mass is 269 g/mol. The van der Waals surface area contributed by atoms with Crippen LogP contribution in [0.4, 0.5) is 13.2 Å². The maximum absolute atomic E-state index is 12.3. The van der Waals surface area contributed by atoms with Gasteiger partial charge < -0.3 is 11.5 Å². The third-order valence-corrected chi connectivity index (χ3v) is 1.96. The van der Waals surface area contributed by atoms with Gasteiger partial charge in [0.15, 0.2) is 6.04 Å². The van der Waals surface area contributed by atoms with Gasteiger partial charge in [-0.15, -0.1) is 11.6 Å². The second kappa shape index (κ2) is 6.46. The molecule has 1 aromatic carbocycles. The molecule has 1 rings (SSSR count). The average Bonchev–Trinajstić information content (AvgIpc) is 2.29. The third-order valence-electron chi connectivity index (χ3n) is 1.96. The molecule has 0 saturated carbocycles. The van der Waals surface area contributed by atoms with Crippen molar-refractivity contribution in [2.75, 3.05) is 6.38 Å². The highest BCUT2D eigenvalue weighted by atomic mass is 35.5. The van der Waals surface area contributed by atoms with Crippen molar-refractivity contribution in [1.82, 2.24) is 0 Å². The number of quaternary nitrogens is 1. The van der Waals surface area contributed by atoms with Crippen LogP contribution in [-0.2, 0) is 11.0 Å². The molecule has 0 aliphatic carbocycles. The zero-order valence-electron chi connectivity index (χ0n) is 9.09. The van der Waals surface area contributed by atoms with Gasteiger partial charge >= 0.3 is 6.18 Å². The summed E-state index contributed by atoms with van der Waals surface area (Å²) in [6.07, 6.45) is -2.95. The van der Waals surface area contributed by atoms with Gasteiger partial charge in [0.25, 0.3) is 5.91 Å². The van der Waals surface area contributed by atoms with Crippen molar-refractivity contribution in [3.05, 3.63) is 35.4 Å². The standard InChI is InChI=1S/C9H9F3N2O.CH3Cl/c10-9(11,12)6-3-1-2-5(4-6)7(13)8(14)15;1-2/h1-4,7H,13H2,(H2,14,15);1H3/p+1. The molecule has 96 valence electrons. The molecule has 0 bridgehead atoms. The van der Waals surface area contributed by atoms with Crippen molar-refractivity contribution in [2.24, 2.45) is 5.73 Å². The fraction of sp³-hybridized carbons (Fsp3) is 0.300. The van der Waals surface area contributed by atoms with E-state index in [1.54, 1.807) is 0 Å². The van der Waals surface area contributed by atoms with Gasteiger partial charge in [-0.1, -0.05) is 12.1 Å². The Labute approximate surface area is 102 Å². The van der Waals surface area contributed by atoms with Crippen molar-refractivity contribution < 1.29 is 23.7 Å². The van der Waals surface area contributed by atoms with E-state index in [4.69, 9.17) is 5.73 Å². The Bertz CT molecular complexity index is 382. The summed E-state index contributed by atoms with van der Waals surface area (Å²) in [6.45, 7) is 0. The van der Waals surface area contributed by atoms with Gasteiger partial charge in [0.2, 0.25) is 0 Å². The van der Waals surface area contributed by atoms with Gasteiger partial charge in [0, 0.05) is 11.9 Å². The minimum Gasteiger partial charge on any atom is -0.364 e. The van der Waals surface area contributed by atoms with Gasteiger partial charge in [-0.3, -0.25) is 4.79 Å². The topological polar surface area (TPSA) is 70.7 Å². The Morgan fingerprint density at radius 2 is 1.94 bits per heavy atom. The van der Waals surface area contributed by atoms with E-state index < -0.39 is 23.7 Å². The number of primary amides is 1. The SMILES string of the molecule is CCl.NC(=O)C([NH3+])c1cccc(C(F)(F)F)c1. The lowest BCUT2D eigenvalue weighted by atomic mass is 10.0. The first kappa shape index (κ1) is 15.7. The van der Waals surface area contributed by atoms with Gasteiger partial charge in [-0.25, -0.2) is 0 Å². The molecule has 1 amide bonds. The second-order valence-electron chi connectivity index (χ2n) is 3.08. The summed E-state index contributed by atoms with van der Waals surface area (Å²) in [4.78, 5) is 10.7. The van der Waals surface area contributed by atoms with E-state index in [1.807, 2.05) is 0 Å². The van der Waals surface area contributed by atoms with Crippen molar-refractivity contribution >= 4 is 17.5 Å². The Balaban J connectivity index is 0.00000121. The minimum atomic E-state index is -4.42.